The number of hydrogen-bond acceptors (Lipinski definition) is 5. The summed E-state index contributed by atoms with van der Waals surface area (Å²) in [6.07, 6.45) is 0.768. The van der Waals surface area contributed by atoms with Gasteiger partial charge in [0.2, 0.25) is 5.91 Å². The molecule has 0 fully saturated rings. The first kappa shape index (κ1) is 24.3. The molecule has 1 atom stereocenters. The van der Waals surface area contributed by atoms with Gasteiger partial charge in [-0.3, -0.25) is 4.79 Å². The molecule has 2 aromatic carbocycles. The SMILES string of the molecule is CC(CCCNC(=O)OCC1c2ccccc2-c2ccccc21)C(=O)NCCOCC(=O)O. The van der Waals surface area contributed by atoms with E-state index >= 15 is 0 Å². The topological polar surface area (TPSA) is 114 Å². The lowest BCUT2D eigenvalue weighted by Gasteiger charge is -2.15. The summed E-state index contributed by atoms with van der Waals surface area (Å²) in [4.78, 5) is 34.6. The zero-order chi connectivity index (χ0) is 23.6. The summed E-state index contributed by atoms with van der Waals surface area (Å²) in [5.74, 6) is -1.38. The third-order valence-corrected chi connectivity index (χ3v) is 5.65. The molecule has 8 nitrogen and oxygen atoms in total. The summed E-state index contributed by atoms with van der Waals surface area (Å²) in [6, 6.07) is 16.4. The molecule has 0 aromatic heterocycles. The lowest BCUT2D eigenvalue weighted by atomic mass is 9.98. The molecule has 1 aliphatic carbocycles. The molecule has 8 heteroatoms. The van der Waals surface area contributed by atoms with Gasteiger partial charge in [0, 0.05) is 24.9 Å². The number of rotatable bonds is 12. The number of amides is 2. The molecule has 0 bridgehead atoms. The highest BCUT2D eigenvalue weighted by molar-refractivity contribution is 5.79. The Balaban J connectivity index is 1.34. The molecule has 0 radical (unpaired) electrons. The van der Waals surface area contributed by atoms with Crippen LogP contribution in [0.5, 0.6) is 0 Å². The molecule has 2 aromatic rings. The van der Waals surface area contributed by atoms with Crippen molar-refractivity contribution < 1.29 is 29.0 Å². The third kappa shape index (κ3) is 6.79. The van der Waals surface area contributed by atoms with Gasteiger partial charge in [0.05, 0.1) is 6.61 Å². The van der Waals surface area contributed by atoms with Crippen LogP contribution in [0.15, 0.2) is 48.5 Å². The monoisotopic (exact) mass is 454 g/mol. The van der Waals surface area contributed by atoms with Crippen LogP contribution in [0.1, 0.15) is 36.8 Å². The van der Waals surface area contributed by atoms with Crippen LogP contribution in [0.3, 0.4) is 0 Å². The molecule has 3 N–H and O–H groups in total. The molecule has 176 valence electrons. The Hall–Kier alpha value is -3.39. The van der Waals surface area contributed by atoms with E-state index in [4.69, 9.17) is 14.6 Å². The maximum absolute atomic E-state index is 12.2. The number of fused-ring (bicyclic) bond motifs is 3. The first-order chi connectivity index (χ1) is 16.0. The number of aliphatic carboxylic acids is 1. The molecular weight excluding hydrogens is 424 g/mol. The smallest absolute Gasteiger partial charge is 0.407 e. The van der Waals surface area contributed by atoms with Crippen molar-refractivity contribution in [2.75, 3.05) is 32.9 Å². The number of nitrogens with one attached hydrogen (secondary N) is 2. The highest BCUT2D eigenvalue weighted by Gasteiger charge is 2.28. The van der Waals surface area contributed by atoms with Crippen molar-refractivity contribution in [3.8, 4) is 11.1 Å². The second-order valence-corrected chi connectivity index (χ2v) is 8.03. The fourth-order valence-corrected chi connectivity index (χ4v) is 3.96. The number of carboxylic acid groups (broad SMARTS) is 1. The summed E-state index contributed by atoms with van der Waals surface area (Å²) in [7, 11) is 0. The fraction of sp³-hybridized carbons (Fsp3) is 0.400. The summed E-state index contributed by atoms with van der Waals surface area (Å²) in [5.41, 5.74) is 4.70. The van der Waals surface area contributed by atoms with Crippen LogP contribution in [-0.2, 0) is 19.1 Å². The van der Waals surface area contributed by atoms with Crippen molar-refractivity contribution in [1.82, 2.24) is 10.6 Å². The van der Waals surface area contributed by atoms with Crippen LogP contribution < -0.4 is 10.6 Å². The summed E-state index contributed by atoms with van der Waals surface area (Å²) >= 11 is 0. The van der Waals surface area contributed by atoms with E-state index in [-0.39, 0.29) is 44.1 Å². The number of ether oxygens (including phenoxy) is 2. The Morgan fingerprint density at radius 2 is 1.61 bits per heavy atom. The quantitative estimate of drug-likeness (QED) is 0.425. The highest BCUT2D eigenvalue weighted by atomic mass is 16.5. The molecule has 1 unspecified atom stereocenters. The van der Waals surface area contributed by atoms with Crippen molar-refractivity contribution in [2.45, 2.75) is 25.7 Å². The Morgan fingerprint density at radius 1 is 0.970 bits per heavy atom. The van der Waals surface area contributed by atoms with Crippen LogP contribution in [0, 0.1) is 5.92 Å². The van der Waals surface area contributed by atoms with E-state index < -0.39 is 12.1 Å². The van der Waals surface area contributed by atoms with Crippen LogP contribution in [-0.4, -0.2) is 56.0 Å². The maximum Gasteiger partial charge on any atom is 0.407 e. The third-order valence-electron chi connectivity index (χ3n) is 5.65. The van der Waals surface area contributed by atoms with E-state index in [1.807, 2.05) is 24.3 Å². The van der Waals surface area contributed by atoms with Gasteiger partial charge in [0.1, 0.15) is 13.2 Å². The fourth-order valence-electron chi connectivity index (χ4n) is 3.96. The minimum Gasteiger partial charge on any atom is -0.480 e. The molecule has 33 heavy (non-hydrogen) atoms. The van der Waals surface area contributed by atoms with E-state index in [1.54, 1.807) is 6.92 Å². The maximum atomic E-state index is 12.2. The normalized spacial score (nSPS) is 13.0. The molecule has 0 spiro atoms. The van der Waals surface area contributed by atoms with Crippen molar-refractivity contribution >= 4 is 18.0 Å². The predicted molar refractivity (Wildman–Crippen MR) is 123 cm³/mol. The second-order valence-electron chi connectivity index (χ2n) is 8.03. The van der Waals surface area contributed by atoms with Crippen LogP contribution in [0.4, 0.5) is 4.79 Å². The zero-order valence-corrected chi connectivity index (χ0v) is 18.7. The Kier molecular flexibility index (Phi) is 8.83. The molecule has 0 saturated carbocycles. The lowest BCUT2D eigenvalue weighted by Crippen LogP contribution is -2.33. The minimum atomic E-state index is -1.04. The average Bonchev–Trinajstić information content (AvgIpc) is 3.13. The number of hydrogen-bond donors (Lipinski definition) is 3. The molecule has 0 aliphatic heterocycles. The number of benzene rings is 2. The van der Waals surface area contributed by atoms with Crippen molar-refractivity contribution in [3.05, 3.63) is 59.7 Å². The van der Waals surface area contributed by atoms with Gasteiger partial charge in [-0.25, -0.2) is 9.59 Å². The first-order valence-corrected chi connectivity index (χ1v) is 11.1. The van der Waals surface area contributed by atoms with Gasteiger partial charge in [-0.1, -0.05) is 55.5 Å². The predicted octanol–water partition coefficient (Wildman–Crippen LogP) is 3.16. The highest BCUT2D eigenvalue weighted by Crippen LogP contribution is 2.44. The average molecular weight is 455 g/mol. The van der Waals surface area contributed by atoms with Crippen molar-refractivity contribution in [2.24, 2.45) is 5.92 Å². The number of alkyl carbamates (subject to hydrolysis) is 1. The molecular formula is C25H30N2O6. The zero-order valence-electron chi connectivity index (χ0n) is 18.7. The first-order valence-electron chi connectivity index (χ1n) is 11.1. The largest absolute Gasteiger partial charge is 0.480 e. The molecule has 0 saturated heterocycles. The standard InChI is InChI=1S/C25H30N2O6/c1-17(24(30)26-13-14-32-16-23(28)29)7-6-12-27-25(31)33-15-22-20-10-4-2-8-18(20)19-9-3-5-11-21(19)22/h2-5,8-11,17,22H,6-7,12-16H2,1H3,(H,26,30)(H,27,31)(H,28,29). The summed E-state index contributed by atoms with van der Waals surface area (Å²) in [5, 5.41) is 13.9. The van der Waals surface area contributed by atoms with Crippen molar-refractivity contribution in [3.63, 3.8) is 0 Å². The molecule has 1 aliphatic rings. The van der Waals surface area contributed by atoms with Gasteiger partial charge < -0.3 is 25.2 Å². The van der Waals surface area contributed by atoms with Crippen LogP contribution >= 0.6 is 0 Å². The second kappa shape index (κ2) is 12.0. The van der Waals surface area contributed by atoms with Gasteiger partial charge in [-0.15, -0.1) is 0 Å². The number of carboxylic acids is 1. The van der Waals surface area contributed by atoms with E-state index in [2.05, 4.69) is 34.9 Å². The van der Waals surface area contributed by atoms with Crippen LogP contribution in [0.2, 0.25) is 0 Å². The number of carbonyl (C=O) groups excluding carboxylic acids is 2. The van der Waals surface area contributed by atoms with Gasteiger partial charge in [0.25, 0.3) is 0 Å². The van der Waals surface area contributed by atoms with E-state index in [9.17, 15) is 14.4 Å². The lowest BCUT2D eigenvalue weighted by molar-refractivity contribution is -0.142. The Labute approximate surface area is 193 Å². The number of carbonyl (C=O) groups is 3. The molecule has 3 rings (SSSR count). The van der Waals surface area contributed by atoms with Crippen molar-refractivity contribution in [1.29, 1.82) is 0 Å². The minimum absolute atomic E-state index is 0.0198. The summed E-state index contributed by atoms with van der Waals surface area (Å²) in [6.45, 7) is 2.51. The van der Waals surface area contributed by atoms with Gasteiger partial charge >= 0.3 is 12.1 Å². The van der Waals surface area contributed by atoms with Gasteiger partial charge in [-0.2, -0.15) is 0 Å². The van der Waals surface area contributed by atoms with Gasteiger partial charge in [-0.05, 0) is 35.1 Å². The van der Waals surface area contributed by atoms with E-state index in [1.165, 1.54) is 22.3 Å². The Bertz CT molecular complexity index is 931. The summed E-state index contributed by atoms with van der Waals surface area (Å²) < 4.78 is 10.4. The van der Waals surface area contributed by atoms with Crippen LogP contribution in [0.25, 0.3) is 11.1 Å². The van der Waals surface area contributed by atoms with E-state index in [0.29, 0.717) is 19.4 Å². The van der Waals surface area contributed by atoms with E-state index in [0.717, 1.165) is 0 Å². The van der Waals surface area contributed by atoms with Gasteiger partial charge in [0.15, 0.2) is 0 Å². The molecule has 0 heterocycles. The molecule has 2 amide bonds. The Morgan fingerprint density at radius 3 is 2.24 bits per heavy atom.